The molecule has 0 spiro atoms. The number of hydrogen-bond donors (Lipinski definition) is 3. The molecule has 4 N–H and O–H groups in total. The van der Waals surface area contributed by atoms with Crippen LogP contribution in [-0.4, -0.2) is 21.4 Å². The zero-order valence-corrected chi connectivity index (χ0v) is 18.5. The highest BCUT2D eigenvalue weighted by atomic mass is 16.3. The largest absolute Gasteiger partial charge is 0.393 e. The molecule has 0 amide bonds. The molecule has 0 aliphatic heterocycles. The molecule has 1 heterocycles. The molecule has 1 aromatic carbocycles. The van der Waals surface area contributed by atoms with E-state index in [4.69, 9.17) is 5.73 Å². The summed E-state index contributed by atoms with van der Waals surface area (Å²) in [5.41, 5.74) is 9.45. The van der Waals surface area contributed by atoms with Crippen molar-refractivity contribution in [3.05, 3.63) is 23.8 Å². The van der Waals surface area contributed by atoms with E-state index in [0.29, 0.717) is 22.6 Å². The van der Waals surface area contributed by atoms with E-state index in [1.54, 1.807) is 0 Å². The van der Waals surface area contributed by atoms with E-state index < -0.39 is 0 Å². The van der Waals surface area contributed by atoms with Crippen LogP contribution >= 0.6 is 0 Å². The molecule has 4 aliphatic rings. The van der Waals surface area contributed by atoms with Gasteiger partial charge in [-0.25, -0.2) is 0 Å². The van der Waals surface area contributed by atoms with Gasteiger partial charge in [-0.05, 0) is 116 Å². The zero-order chi connectivity index (χ0) is 20.7. The number of H-pyrrole nitrogens is 1. The molecule has 0 saturated heterocycles. The second-order valence-electron chi connectivity index (χ2n) is 11.7. The van der Waals surface area contributed by atoms with Gasteiger partial charge in [-0.1, -0.05) is 19.9 Å². The van der Waals surface area contributed by atoms with Crippen LogP contribution in [0.3, 0.4) is 0 Å². The molecule has 4 saturated carbocycles. The first-order valence-corrected chi connectivity index (χ1v) is 12.3. The lowest BCUT2D eigenvalue weighted by molar-refractivity contribution is -0.122. The van der Waals surface area contributed by atoms with Crippen LogP contribution in [0.15, 0.2) is 18.2 Å². The Balaban J connectivity index is 1.30. The van der Waals surface area contributed by atoms with Crippen molar-refractivity contribution in [2.24, 2.45) is 34.5 Å². The van der Waals surface area contributed by atoms with Gasteiger partial charge in [0.05, 0.1) is 11.6 Å². The summed E-state index contributed by atoms with van der Waals surface area (Å²) in [5, 5.41) is 18.6. The smallest absolute Gasteiger partial charge is 0.153 e. The molecule has 4 heteroatoms. The van der Waals surface area contributed by atoms with Gasteiger partial charge in [0.25, 0.3) is 0 Å². The number of aliphatic hydroxyl groups is 1. The third-order valence-corrected chi connectivity index (χ3v) is 10.7. The third kappa shape index (κ3) is 2.52. The predicted octanol–water partition coefficient (Wildman–Crippen LogP) is 5.63. The number of rotatable bonds is 1. The van der Waals surface area contributed by atoms with Crippen molar-refractivity contribution < 1.29 is 5.11 Å². The summed E-state index contributed by atoms with van der Waals surface area (Å²) in [5.74, 6) is 4.61. The molecule has 4 aliphatic carbocycles. The van der Waals surface area contributed by atoms with E-state index in [2.05, 4.69) is 42.2 Å². The fourth-order valence-corrected chi connectivity index (χ4v) is 9.06. The topological polar surface area (TPSA) is 74.9 Å². The Morgan fingerprint density at radius 2 is 1.80 bits per heavy atom. The Hall–Kier alpha value is -1.55. The Bertz CT molecular complexity index is 968. The summed E-state index contributed by atoms with van der Waals surface area (Å²) < 4.78 is 0. The number of aromatic amines is 1. The van der Waals surface area contributed by atoms with E-state index in [-0.39, 0.29) is 6.10 Å². The standard InChI is InChI=1S/C26H37N3O/c1-25-11-9-17(30)14-16(25)4-6-18-21-8-7-20(26(21,2)12-10-22(18)25)15-3-5-19-23(13-15)28-29-24(19)27/h3,5,13,16-18,20-22,30H,4,6-12,14H2,1-2H3,(H3,27,28,29)/t16-,17+,18-,20+,21-,22-,25-,26+/m0/s1. The molecule has 4 nitrogen and oxygen atoms in total. The van der Waals surface area contributed by atoms with Crippen molar-refractivity contribution in [1.29, 1.82) is 0 Å². The highest BCUT2D eigenvalue weighted by molar-refractivity contribution is 5.89. The van der Waals surface area contributed by atoms with Gasteiger partial charge in [0, 0.05) is 5.39 Å². The molecule has 0 radical (unpaired) electrons. The van der Waals surface area contributed by atoms with Crippen LogP contribution < -0.4 is 5.73 Å². The van der Waals surface area contributed by atoms with Gasteiger partial charge >= 0.3 is 0 Å². The Labute approximate surface area is 180 Å². The third-order valence-electron chi connectivity index (χ3n) is 10.7. The summed E-state index contributed by atoms with van der Waals surface area (Å²) in [4.78, 5) is 0. The lowest BCUT2D eigenvalue weighted by Crippen LogP contribution is -2.53. The first-order chi connectivity index (χ1) is 14.4. The number of nitrogens with one attached hydrogen (secondary N) is 1. The van der Waals surface area contributed by atoms with Crippen LogP contribution in [-0.2, 0) is 0 Å². The van der Waals surface area contributed by atoms with Crippen molar-refractivity contribution in [2.45, 2.75) is 83.7 Å². The van der Waals surface area contributed by atoms with Gasteiger partial charge in [0.1, 0.15) is 0 Å². The number of nitrogens with zero attached hydrogens (tertiary/aromatic N) is 1. The number of aromatic nitrogens is 2. The zero-order valence-electron chi connectivity index (χ0n) is 18.5. The summed E-state index contributed by atoms with van der Waals surface area (Å²) in [6.45, 7) is 5.20. The molecule has 1 aromatic heterocycles. The highest BCUT2D eigenvalue weighted by Gasteiger charge is 2.60. The highest BCUT2D eigenvalue weighted by Crippen LogP contribution is 2.69. The summed E-state index contributed by atoms with van der Waals surface area (Å²) >= 11 is 0. The quantitative estimate of drug-likeness (QED) is 0.573. The fourth-order valence-electron chi connectivity index (χ4n) is 9.06. The molecule has 30 heavy (non-hydrogen) atoms. The van der Waals surface area contributed by atoms with Crippen LogP contribution in [0.1, 0.15) is 83.1 Å². The van der Waals surface area contributed by atoms with Crippen molar-refractivity contribution in [2.75, 3.05) is 5.73 Å². The molecule has 2 aromatic rings. The molecule has 0 unspecified atom stereocenters. The summed E-state index contributed by atoms with van der Waals surface area (Å²) in [6.07, 6.45) is 11.4. The van der Waals surface area contributed by atoms with Gasteiger partial charge in [0.15, 0.2) is 5.82 Å². The number of benzene rings is 1. The molecule has 0 bridgehead atoms. The van der Waals surface area contributed by atoms with E-state index in [0.717, 1.165) is 47.4 Å². The summed E-state index contributed by atoms with van der Waals surface area (Å²) in [6, 6.07) is 6.81. The molecule has 6 rings (SSSR count). The van der Waals surface area contributed by atoms with Gasteiger partial charge in [0.2, 0.25) is 0 Å². The van der Waals surface area contributed by atoms with Crippen molar-refractivity contribution in [3.8, 4) is 0 Å². The predicted molar refractivity (Wildman–Crippen MR) is 121 cm³/mol. The van der Waals surface area contributed by atoms with Crippen LogP contribution in [0, 0.1) is 34.5 Å². The van der Waals surface area contributed by atoms with E-state index in [1.165, 1.54) is 50.5 Å². The minimum Gasteiger partial charge on any atom is -0.393 e. The lowest BCUT2D eigenvalue weighted by atomic mass is 9.44. The van der Waals surface area contributed by atoms with Gasteiger partial charge in [-0.3, -0.25) is 5.10 Å². The molecule has 162 valence electrons. The monoisotopic (exact) mass is 407 g/mol. The van der Waals surface area contributed by atoms with Crippen molar-refractivity contribution >= 4 is 16.7 Å². The molecule has 8 atom stereocenters. The van der Waals surface area contributed by atoms with Crippen LogP contribution in [0.4, 0.5) is 5.82 Å². The maximum absolute atomic E-state index is 10.3. The maximum atomic E-state index is 10.3. The van der Waals surface area contributed by atoms with Crippen LogP contribution in [0.2, 0.25) is 0 Å². The number of fused-ring (bicyclic) bond motifs is 6. The number of nitrogens with two attached hydrogens (primary N) is 1. The van der Waals surface area contributed by atoms with Gasteiger partial charge < -0.3 is 10.8 Å². The maximum Gasteiger partial charge on any atom is 0.153 e. The molecular formula is C26H37N3O. The average molecular weight is 408 g/mol. The Kier molecular flexibility index (Phi) is 4.14. The number of hydrogen-bond acceptors (Lipinski definition) is 3. The Morgan fingerprint density at radius 3 is 2.67 bits per heavy atom. The van der Waals surface area contributed by atoms with Crippen molar-refractivity contribution in [1.82, 2.24) is 10.2 Å². The van der Waals surface area contributed by atoms with Crippen LogP contribution in [0.5, 0.6) is 0 Å². The number of anilines is 1. The van der Waals surface area contributed by atoms with E-state index >= 15 is 0 Å². The minimum atomic E-state index is -0.0456. The first kappa shape index (κ1) is 19.2. The molecule has 4 fully saturated rings. The SMILES string of the molecule is C[C@]12CC[C@@H](O)C[C@@H]1CC[C@@H]1[C@@H]2CC[C@]2(C)[C@@H](c3ccc4c(N)n[nH]c4c3)CC[C@@H]12. The van der Waals surface area contributed by atoms with Crippen LogP contribution in [0.25, 0.3) is 10.9 Å². The Morgan fingerprint density at radius 1 is 1.00 bits per heavy atom. The van der Waals surface area contributed by atoms with Gasteiger partial charge in [-0.15, -0.1) is 0 Å². The number of aliphatic hydroxyl groups excluding tert-OH is 1. The van der Waals surface area contributed by atoms with E-state index in [9.17, 15) is 5.11 Å². The fraction of sp³-hybridized carbons (Fsp3) is 0.731. The minimum absolute atomic E-state index is 0.0456. The normalized spacial score (nSPS) is 45.7. The van der Waals surface area contributed by atoms with Gasteiger partial charge in [-0.2, -0.15) is 5.10 Å². The second-order valence-corrected chi connectivity index (χ2v) is 11.7. The van der Waals surface area contributed by atoms with E-state index in [1.807, 2.05) is 0 Å². The molecular weight excluding hydrogens is 370 g/mol. The summed E-state index contributed by atoms with van der Waals surface area (Å²) in [7, 11) is 0. The lowest BCUT2D eigenvalue weighted by Gasteiger charge is -2.61. The average Bonchev–Trinajstić information content (AvgIpc) is 3.28. The van der Waals surface area contributed by atoms with Crippen molar-refractivity contribution in [3.63, 3.8) is 0 Å². The number of nitrogen functional groups attached to an aromatic ring is 1. The second kappa shape index (κ2) is 6.48. The first-order valence-electron chi connectivity index (χ1n) is 12.3.